The first-order valence-electron chi connectivity index (χ1n) is 7.48. The molecule has 0 saturated heterocycles. The van der Waals surface area contributed by atoms with Crippen molar-refractivity contribution in [2.75, 3.05) is 7.11 Å². The number of rotatable bonds is 5. The van der Waals surface area contributed by atoms with Gasteiger partial charge in [-0.25, -0.2) is 4.98 Å². The van der Waals surface area contributed by atoms with Crippen molar-refractivity contribution in [3.05, 3.63) is 66.4 Å². The molecular weight excluding hydrogens is 306 g/mol. The van der Waals surface area contributed by atoms with E-state index in [9.17, 15) is 4.79 Å². The van der Waals surface area contributed by atoms with E-state index in [-0.39, 0.29) is 17.6 Å². The molecule has 1 N–H and O–H groups in total. The largest absolute Gasteiger partial charge is 0.497 e. The second kappa shape index (κ2) is 6.95. The number of carbonyl (C=O) groups is 1. The van der Waals surface area contributed by atoms with Crippen molar-refractivity contribution in [1.82, 2.24) is 15.3 Å². The van der Waals surface area contributed by atoms with Gasteiger partial charge in [0, 0.05) is 11.8 Å². The SMILES string of the molecule is COc1cccc(-c2ocnc2C(=O)N[C@@H](C)c2ccccn2)c1. The van der Waals surface area contributed by atoms with E-state index >= 15 is 0 Å². The van der Waals surface area contributed by atoms with E-state index in [1.54, 1.807) is 19.4 Å². The van der Waals surface area contributed by atoms with Gasteiger partial charge in [-0.3, -0.25) is 9.78 Å². The van der Waals surface area contributed by atoms with Gasteiger partial charge in [-0.15, -0.1) is 0 Å². The standard InChI is InChI=1S/C18H17N3O3/c1-12(15-8-3-4-9-19-15)21-18(22)16-17(24-11-20-16)13-6-5-7-14(10-13)23-2/h3-12H,1-2H3,(H,21,22)/t12-/m0/s1. The number of hydrogen-bond donors (Lipinski definition) is 1. The van der Waals surface area contributed by atoms with Crippen molar-refractivity contribution in [2.45, 2.75) is 13.0 Å². The Morgan fingerprint density at radius 2 is 2.08 bits per heavy atom. The molecule has 6 heteroatoms. The molecule has 0 aliphatic carbocycles. The van der Waals surface area contributed by atoms with Gasteiger partial charge in [-0.05, 0) is 31.2 Å². The monoisotopic (exact) mass is 323 g/mol. The molecular formula is C18H17N3O3. The molecule has 0 aliphatic heterocycles. The van der Waals surface area contributed by atoms with Gasteiger partial charge in [0.15, 0.2) is 17.8 Å². The van der Waals surface area contributed by atoms with Crippen molar-refractivity contribution in [3.8, 4) is 17.1 Å². The van der Waals surface area contributed by atoms with Crippen molar-refractivity contribution in [3.63, 3.8) is 0 Å². The first-order chi connectivity index (χ1) is 11.7. The number of benzene rings is 1. The van der Waals surface area contributed by atoms with Crippen LogP contribution in [0.4, 0.5) is 0 Å². The molecule has 0 unspecified atom stereocenters. The highest BCUT2D eigenvalue weighted by Gasteiger charge is 2.20. The van der Waals surface area contributed by atoms with Gasteiger partial charge >= 0.3 is 0 Å². The molecule has 0 aliphatic rings. The van der Waals surface area contributed by atoms with Gasteiger partial charge in [0.25, 0.3) is 5.91 Å². The topological polar surface area (TPSA) is 77.2 Å². The van der Waals surface area contributed by atoms with E-state index in [2.05, 4.69) is 15.3 Å². The summed E-state index contributed by atoms with van der Waals surface area (Å²) in [5, 5.41) is 2.88. The van der Waals surface area contributed by atoms with Gasteiger partial charge in [0.05, 0.1) is 18.8 Å². The average molecular weight is 323 g/mol. The lowest BCUT2D eigenvalue weighted by atomic mass is 10.1. The Morgan fingerprint density at radius 1 is 1.21 bits per heavy atom. The van der Waals surface area contributed by atoms with Crippen LogP contribution in [0, 0.1) is 0 Å². The third-order valence-corrected chi connectivity index (χ3v) is 3.59. The number of pyridine rings is 1. The van der Waals surface area contributed by atoms with Crippen molar-refractivity contribution >= 4 is 5.91 Å². The predicted molar refractivity (Wildman–Crippen MR) is 88.6 cm³/mol. The van der Waals surface area contributed by atoms with E-state index in [0.717, 1.165) is 11.3 Å². The lowest BCUT2D eigenvalue weighted by Gasteiger charge is -2.12. The molecule has 2 heterocycles. The highest BCUT2D eigenvalue weighted by molar-refractivity contribution is 5.97. The summed E-state index contributed by atoms with van der Waals surface area (Å²) in [7, 11) is 1.58. The number of carbonyl (C=O) groups excluding carboxylic acids is 1. The number of hydrogen-bond acceptors (Lipinski definition) is 5. The molecule has 0 radical (unpaired) electrons. The molecule has 0 bridgehead atoms. The molecule has 0 spiro atoms. The van der Waals surface area contributed by atoms with Gasteiger partial charge in [0.1, 0.15) is 5.75 Å². The lowest BCUT2D eigenvalue weighted by Crippen LogP contribution is -2.27. The van der Waals surface area contributed by atoms with Crippen LogP contribution in [0.2, 0.25) is 0 Å². The maximum absolute atomic E-state index is 12.5. The fourth-order valence-electron chi connectivity index (χ4n) is 2.35. The molecule has 3 rings (SSSR count). The predicted octanol–water partition coefficient (Wildman–Crippen LogP) is 3.24. The molecule has 3 aromatic rings. The molecule has 1 atom stereocenters. The second-order valence-corrected chi connectivity index (χ2v) is 5.21. The van der Waals surface area contributed by atoms with Gasteiger partial charge in [-0.1, -0.05) is 18.2 Å². The van der Waals surface area contributed by atoms with Crippen LogP contribution in [0.5, 0.6) is 5.75 Å². The Labute approximate surface area is 139 Å². The molecule has 1 aromatic carbocycles. The third-order valence-electron chi connectivity index (χ3n) is 3.59. The number of methoxy groups -OCH3 is 1. The van der Waals surface area contributed by atoms with Crippen LogP contribution in [0.1, 0.15) is 29.1 Å². The summed E-state index contributed by atoms with van der Waals surface area (Å²) < 4.78 is 10.6. The Kier molecular flexibility index (Phi) is 4.56. The summed E-state index contributed by atoms with van der Waals surface area (Å²) in [4.78, 5) is 20.8. The van der Waals surface area contributed by atoms with E-state index in [1.165, 1.54) is 6.39 Å². The van der Waals surface area contributed by atoms with Crippen molar-refractivity contribution in [2.24, 2.45) is 0 Å². The molecule has 1 amide bonds. The van der Waals surface area contributed by atoms with Crippen LogP contribution in [-0.2, 0) is 0 Å². The number of amides is 1. The van der Waals surface area contributed by atoms with Crippen LogP contribution in [0.25, 0.3) is 11.3 Å². The van der Waals surface area contributed by atoms with E-state index in [4.69, 9.17) is 9.15 Å². The maximum atomic E-state index is 12.5. The first-order valence-corrected chi connectivity index (χ1v) is 7.48. The molecule has 6 nitrogen and oxygen atoms in total. The highest BCUT2D eigenvalue weighted by atomic mass is 16.5. The van der Waals surface area contributed by atoms with E-state index in [1.807, 2.05) is 43.3 Å². The summed E-state index contributed by atoms with van der Waals surface area (Å²) in [6.07, 6.45) is 2.95. The highest BCUT2D eigenvalue weighted by Crippen LogP contribution is 2.26. The number of nitrogens with zero attached hydrogens (tertiary/aromatic N) is 2. The Morgan fingerprint density at radius 3 is 2.83 bits per heavy atom. The van der Waals surface area contributed by atoms with Crippen LogP contribution in [0.15, 0.2) is 59.5 Å². The van der Waals surface area contributed by atoms with E-state index in [0.29, 0.717) is 11.5 Å². The fourth-order valence-corrected chi connectivity index (χ4v) is 2.35. The van der Waals surface area contributed by atoms with Gasteiger partial charge in [0.2, 0.25) is 0 Å². The number of ether oxygens (including phenoxy) is 1. The zero-order chi connectivity index (χ0) is 16.9. The summed E-state index contributed by atoms with van der Waals surface area (Å²) in [5.74, 6) is 0.761. The van der Waals surface area contributed by atoms with Crippen LogP contribution < -0.4 is 10.1 Å². The Bertz CT molecular complexity index is 830. The third kappa shape index (κ3) is 3.27. The van der Waals surface area contributed by atoms with Crippen LogP contribution in [0.3, 0.4) is 0 Å². The van der Waals surface area contributed by atoms with Crippen LogP contribution in [-0.4, -0.2) is 23.0 Å². The second-order valence-electron chi connectivity index (χ2n) is 5.21. The summed E-state index contributed by atoms with van der Waals surface area (Å²) in [6.45, 7) is 1.87. The summed E-state index contributed by atoms with van der Waals surface area (Å²) in [5.41, 5.74) is 1.73. The quantitative estimate of drug-likeness (QED) is 0.780. The number of oxazole rings is 1. The van der Waals surface area contributed by atoms with Crippen molar-refractivity contribution in [1.29, 1.82) is 0 Å². The number of aromatic nitrogens is 2. The average Bonchev–Trinajstić information content (AvgIpc) is 3.12. The summed E-state index contributed by atoms with van der Waals surface area (Å²) >= 11 is 0. The Hall–Kier alpha value is -3.15. The zero-order valence-corrected chi connectivity index (χ0v) is 13.4. The molecule has 24 heavy (non-hydrogen) atoms. The summed E-state index contributed by atoms with van der Waals surface area (Å²) in [6, 6.07) is 12.6. The van der Waals surface area contributed by atoms with Gasteiger partial charge < -0.3 is 14.5 Å². The lowest BCUT2D eigenvalue weighted by molar-refractivity contribution is 0.0935. The fraction of sp³-hybridized carbons (Fsp3) is 0.167. The maximum Gasteiger partial charge on any atom is 0.274 e. The Balaban J connectivity index is 1.83. The number of nitrogens with one attached hydrogen (secondary N) is 1. The van der Waals surface area contributed by atoms with Crippen LogP contribution >= 0.6 is 0 Å². The van der Waals surface area contributed by atoms with Gasteiger partial charge in [-0.2, -0.15) is 0 Å². The first kappa shape index (κ1) is 15.7. The molecule has 0 saturated carbocycles. The molecule has 122 valence electrons. The molecule has 0 fully saturated rings. The van der Waals surface area contributed by atoms with Crippen molar-refractivity contribution < 1.29 is 13.9 Å². The minimum atomic E-state index is -0.320. The smallest absolute Gasteiger partial charge is 0.274 e. The normalized spacial score (nSPS) is 11.8. The van der Waals surface area contributed by atoms with E-state index < -0.39 is 0 Å². The zero-order valence-electron chi connectivity index (χ0n) is 13.4. The molecule has 2 aromatic heterocycles. The minimum Gasteiger partial charge on any atom is -0.497 e. The minimum absolute atomic E-state index is 0.228.